The molecule has 128 valence electrons. The summed E-state index contributed by atoms with van der Waals surface area (Å²) in [5, 5.41) is 2.89. The lowest BCUT2D eigenvalue weighted by molar-refractivity contribution is -0.126. The van der Waals surface area contributed by atoms with E-state index in [4.69, 9.17) is 0 Å². The minimum Gasteiger partial charge on any atom is -0.356 e. The molecule has 1 amide bonds. The van der Waals surface area contributed by atoms with Crippen molar-refractivity contribution in [3.63, 3.8) is 0 Å². The van der Waals surface area contributed by atoms with Crippen LogP contribution in [0.4, 0.5) is 0 Å². The van der Waals surface area contributed by atoms with Crippen molar-refractivity contribution >= 4 is 15.9 Å². The minimum absolute atomic E-state index is 0.0520. The first-order valence-electron chi connectivity index (χ1n) is 8.35. The standard InChI is InChI=1S/C17H26N2O3S/c1-3-11-18-17(20)15-9-12-19(13-10-15)23(21,22)16-7-5-14(4-2)6-8-16/h5-8,15H,3-4,9-13H2,1-2H3,(H,18,20). The van der Waals surface area contributed by atoms with E-state index < -0.39 is 10.0 Å². The number of carbonyl (C=O) groups excluding carboxylic acids is 1. The predicted octanol–water partition coefficient (Wildman–Crippen LogP) is 2.18. The monoisotopic (exact) mass is 338 g/mol. The fourth-order valence-corrected chi connectivity index (χ4v) is 4.27. The van der Waals surface area contributed by atoms with E-state index in [1.54, 1.807) is 12.1 Å². The molecule has 1 aliphatic rings. The molecule has 2 rings (SSSR count). The summed E-state index contributed by atoms with van der Waals surface area (Å²) in [5.74, 6) is -0.0216. The van der Waals surface area contributed by atoms with Gasteiger partial charge >= 0.3 is 0 Å². The Morgan fingerprint density at radius 1 is 1.17 bits per heavy atom. The minimum atomic E-state index is -3.45. The Morgan fingerprint density at radius 3 is 2.30 bits per heavy atom. The normalized spacial score (nSPS) is 17.1. The van der Waals surface area contributed by atoms with Gasteiger partial charge in [-0.15, -0.1) is 0 Å². The molecule has 5 nitrogen and oxygen atoms in total. The summed E-state index contributed by atoms with van der Waals surface area (Å²) < 4.78 is 26.8. The average molecular weight is 338 g/mol. The lowest BCUT2D eigenvalue weighted by Crippen LogP contribution is -2.43. The van der Waals surface area contributed by atoms with Crippen LogP contribution in [0.1, 0.15) is 38.7 Å². The fraction of sp³-hybridized carbons (Fsp3) is 0.588. The molecule has 1 aromatic carbocycles. The second kappa shape index (κ2) is 7.93. The highest BCUT2D eigenvalue weighted by Crippen LogP contribution is 2.24. The summed E-state index contributed by atoms with van der Waals surface area (Å²) in [6.07, 6.45) is 2.97. The second-order valence-corrected chi connectivity index (χ2v) is 7.90. The van der Waals surface area contributed by atoms with Gasteiger partial charge in [-0.1, -0.05) is 26.0 Å². The Bertz CT molecular complexity index is 618. The van der Waals surface area contributed by atoms with E-state index in [0.29, 0.717) is 37.4 Å². The average Bonchev–Trinajstić information content (AvgIpc) is 2.59. The summed E-state index contributed by atoms with van der Waals surface area (Å²) in [6.45, 7) is 5.54. The Morgan fingerprint density at radius 2 is 1.78 bits per heavy atom. The lowest BCUT2D eigenvalue weighted by Gasteiger charge is -2.30. The van der Waals surface area contributed by atoms with Crippen LogP contribution in [-0.4, -0.2) is 38.3 Å². The Labute approximate surface area is 139 Å². The third kappa shape index (κ3) is 4.32. The van der Waals surface area contributed by atoms with E-state index in [1.807, 2.05) is 26.0 Å². The molecule has 1 saturated heterocycles. The molecule has 23 heavy (non-hydrogen) atoms. The number of hydrogen-bond donors (Lipinski definition) is 1. The van der Waals surface area contributed by atoms with Gasteiger partial charge in [-0.05, 0) is 43.4 Å². The zero-order chi connectivity index (χ0) is 16.9. The molecule has 0 bridgehead atoms. The van der Waals surface area contributed by atoms with E-state index in [-0.39, 0.29) is 11.8 Å². The predicted molar refractivity (Wildman–Crippen MR) is 90.6 cm³/mol. The highest BCUT2D eigenvalue weighted by atomic mass is 32.2. The summed E-state index contributed by atoms with van der Waals surface area (Å²) >= 11 is 0. The quantitative estimate of drug-likeness (QED) is 0.864. The van der Waals surface area contributed by atoms with Crippen LogP contribution in [0.15, 0.2) is 29.2 Å². The summed E-state index contributed by atoms with van der Waals surface area (Å²) in [6, 6.07) is 7.07. The lowest BCUT2D eigenvalue weighted by atomic mass is 9.97. The van der Waals surface area contributed by atoms with Crippen molar-refractivity contribution in [2.45, 2.75) is 44.4 Å². The number of rotatable bonds is 6. The van der Waals surface area contributed by atoms with Gasteiger partial charge in [-0.3, -0.25) is 4.79 Å². The molecule has 0 aromatic heterocycles. The third-order valence-corrected chi connectivity index (χ3v) is 6.26. The number of nitrogens with zero attached hydrogens (tertiary/aromatic N) is 1. The Kier molecular flexibility index (Phi) is 6.18. The molecule has 1 heterocycles. The van der Waals surface area contributed by atoms with Crippen molar-refractivity contribution in [3.8, 4) is 0 Å². The first kappa shape index (κ1) is 17.9. The number of hydrogen-bond acceptors (Lipinski definition) is 3. The second-order valence-electron chi connectivity index (χ2n) is 5.97. The molecule has 0 aliphatic carbocycles. The molecule has 0 radical (unpaired) electrons. The number of amides is 1. The molecule has 0 unspecified atom stereocenters. The van der Waals surface area contributed by atoms with Gasteiger partial charge in [0.05, 0.1) is 4.90 Å². The molecule has 6 heteroatoms. The van der Waals surface area contributed by atoms with Crippen molar-refractivity contribution in [1.82, 2.24) is 9.62 Å². The number of benzene rings is 1. The van der Waals surface area contributed by atoms with Gasteiger partial charge in [0.15, 0.2) is 0 Å². The van der Waals surface area contributed by atoms with E-state index in [0.717, 1.165) is 18.4 Å². The highest BCUT2D eigenvalue weighted by Gasteiger charge is 2.31. The van der Waals surface area contributed by atoms with Crippen molar-refractivity contribution in [2.24, 2.45) is 5.92 Å². The van der Waals surface area contributed by atoms with Crippen molar-refractivity contribution in [3.05, 3.63) is 29.8 Å². The van der Waals surface area contributed by atoms with Crippen LogP contribution in [-0.2, 0) is 21.2 Å². The van der Waals surface area contributed by atoms with Gasteiger partial charge in [0.2, 0.25) is 15.9 Å². The van der Waals surface area contributed by atoms with Crippen LogP contribution >= 0.6 is 0 Å². The van der Waals surface area contributed by atoms with Crippen molar-refractivity contribution in [1.29, 1.82) is 0 Å². The highest BCUT2D eigenvalue weighted by molar-refractivity contribution is 7.89. The number of sulfonamides is 1. The van der Waals surface area contributed by atoms with Crippen molar-refractivity contribution in [2.75, 3.05) is 19.6 Å². The van der Waals surface area contributed by atoms with Crippen LogP contribution in [0.5, 0.6) is 0 Å². The van der Waals surface area contributed by atoms with E-state index in [9.17, 15) is 13.2 Å². The molecule has 0 atom stereocenters. The number of nitrogens with one attached hydrogen (secondary N) is 1. The summed E-state index contributed by atoms with van der Waals surface area (Å²) in [7, 11) is -3.45. The number of carbonyl (C=O) groups is 1. The molecule has 1 aliphatic heterocycles. The first-order chi connectivity index (χ1) is 11.0. The van der Waals surface area contributed by atoms with Gasteiger partial charge in [0.25, 0.3) is 0 Å². The van der Waals surface area contributed by atoms with Crippen molar-refractivity contribution < 1.29 is 13.2 Å². The van der Waals surface area contributed by atoms with Crippen LogP contribution in [0.25, 0.3) is 0 Å². The maximum Gasteiger partial charge on any atom is 0.243 e. The number of piperidine rings is 1. The maximum absolute atomic E-state index is 12.7. The molecular formula is C17H26N2O3S. The van der Waals surface area contributed by atoms with Crippen LogP contribution in [0, 0.1) is 5.92 Å². The van der Waals surface area contributed by atoms with Gasteiger partial charge in [0.1, 0.15) is 0 Å². The third-order valence-electron chi connectivity index (χ3n) is 4.34. The largest absolute Gasteiger partial charge is 0.356 e. The van der Waals surface area contributed by atoms with Gasteiger partial charge in [-0.2, -0.15) is 4.31 Å². The van der Waals surface area contributed by atoms with E-state index in [2.05, 4.69) is 5.32 Å². The van der Waals surface area contributed by atoms with Gasteiger partial charge in [-0.25, -0.2) is 8.42 Å². The first-order valence-corrected chi connectivity index (χ1v) is 9.79. The topological polar surface area (TPSA) is 66.5 Å². The van der Waals surface area contributed by atoms with Crippen LogP contribution < -0.4 is 5.32 Å². The smallest absolute Gasteiger partial charge is 0.243 e. The summed E-state index contributed by atoms with van der Waals surface area (Å²) in [4.78, 5) is 12.3. The molecule has 1 aromatic rings. The molecule has 1 N–H and O–H groups in total. The van der Waals surface area contributed by atoms with Crippen LogP contribution in [0.3, 0.4) is 0 Å². The maximum atomic E-state index is 12.7. The Balaban J connectivity index is 1.99. The zero-order valence-corrected chi connectivity index (χ0v) is 14.7. The molecular weight excluding hydrogens is 312 g/mol. The van der Waals surface area contributed by atoms with Gasteiger partial charge < -0.3 is 5.32 Å². The SMILES string of the molecule is CCCNC(=O)C1CCN(S(=O)(=O)c2ccc(CC)cc2)CC1. The molecule has 1 fully saturated rings. The number of aryl methyl sites for hydroxylation is 1. The van der Waals surface area contributed by atoms with Crippen LogP contribution in [0.2, 0.25) is 0 Å². The Hall–Kier alpha value is -1.40. The summed E-state index contributed by atoms with van der Waals surface area (Å²) in [5.41, 5.74) is 1.12. The zero-order valence-electron chi connectivity index (χ0n) is 13.9. The van der Waals surface area contributed by atoms with Gasteiger partial charge in [0, 0.05) is 25.6 Å². The molecule has 0 saturated carbocycles. The molecule has 0 spiro atoms. The van der Waals surface area contributed by atoms with E-state index in [1.165, 1.54) is 4.31 Å². The van der Waals surface area contributed by atoms with E-state index >= 15 is 0 Å². The fourth-order valence-electron chi connectivity index (χ4n) is 2.80.